The van der Waals surface area contributed by atoms with Crippen LogP contribution < -0.4 is 5.73 Å². The van der Waals surface area contributed by atoms with Gasteiger partial charge in [-0.3, -0.25) is 4.79 Å². The smallest absolute Gasteiger partial charge is 0.255 e. The lowest BCUT2D eigenvalue weighted by atomic mass is 10.1. The topological polar surface area (TPSA) is 46.3 Å². The van der Waals surface area contributed by atoms with Crippen LogP contribution in [0.5, 0.6) is 0 Å². The predicted octanol–water partition coefficient (Wildman–Crippen LogP) is 3.96. The first-order valence-electron chi connectivity index (χ1n) is 6.95. The standard InChI is InChI=1S/C15H23ClN2O/c1-3-5-10-18(11-6-4-2)15(19)12-8-7-9-13(17)14(12)16/h7-9H,3-6,10-11,17H2,1-2H3. The maximum absolute atomic E-state index is 12.5. The van der Waals surface area contributed by atoms with Crippen LogP contribution in [0.4, 0.5) is 5.69 Å². The third-order valence-corrected chi connectivity index (χ3v) is 3.53. The van der Waals surface area contributed by atoms with Crippen molar-refractivity contribution in [3.63, 3.8) is 0 Å². The second-order valence-corrected chi connectivity index (χ2v) is 5.09. The van der Waals surface area contributed by atoms with E-state index in [2.05, 4.69) is 13.8 Å². The number of nitrogens with two attached hydrogens (primary N) is 1. The average molecular weight is 283 g/mol. The number of nitrogens with zero attached hydrogens (tertiary/aromatic N) is 1. The van der Waals surface area contributed by atoms with Crippen molar-refractivity contribution in [3.8, 4) is 0 Å². The fourth-order valence-electron chi connectivity index (χ4n) is 1.90. The Kier molecular flexibility index (Phi) is 6.71. The zero-order chi connectivity index (χ0) is 14.3. The maximum Gasteiger partial charge on any atom is 0.255 e. The molecule has 1 amide bonds. The molecule has 0 aliphatic rings. The van der Waals surface area contributed by atoms with Gasteiger partial charge in [0.05, 0.1) is 16.3 Å². The number of halogens is 1. The summed E-state index contributed by atoms with van der Waals surface area (Å²) in [5, 5.41) is 0.366. The van der Waals surface area contributed by atoms with Crippen LogP contribution >= 0.6 is 11.6 Å². The Morgan fingerprint density at radius 1 is 1.21 bits per heavy atom. The highest BCUT2D eigenvalue weighted by Gasteiger charge is 2.18. The van der Waals surface area contributed by atoms with E-state index in [4.69, 9.17) is 17.3 Å². The minimum Gasteiger partial charge on any atom is -0.398 e. The molecule has 0 heterocycles. The van der Waals surface area contributed by atoms with Gasteiger partial charge in [0.1, 0.15) is 0 Å². The van der Waals surface area contributed by atoms with E-state index in [1.165, 1.54) is 0 Å². The first kappa shape index (κ1) is 15.8. The van der Waals surface area contributed by atoms with Crippen molar-refractivity contribution >= 4 is 23.2 Å². The Labute approximate surface area is 120 Å². The first-order valence-corrected chi connectivity index (χ1v) is 7.32. The third kappa shape index (κ3) is 4.43. The lowest BCUT2D eigenvalue weighted by Gasteiger charge is -2.23. The lowest BCUT2D eigenvalue weighted by molar-refractivity contribution is 0.0751. The largest absolute Gasteiger partial charge is 0.398 e. The number of rotatable bonds is 7. The van der Waals surface area contributed by atoms with E-state index in [1.54, 1.807) is 18.2 Å². The molecule has 0 bridgehead atoms. The molecule has 19 heavy (non-hydrogen) atoms. The molecule has 0 spiro atoms. The van der Waals surface area contributed by atoms with E-state index >= 15 is 0 Å². The second-order valence-electron chi connectivity index (χ2n) is 4.71. The van der Waals surface area contributed by atoms with Gasteiger partial charge in [-0.1, -0.05) is 44.4 Å². The molecule has 0 unspecified atom stereocenters. The summed E-state index contributed by atoms with van der Waals surface area (Å²) in [5.74, 6) is -0.0146. The molecule has 0 radical (unpaired) electrons. The van der Waals surface area contributed by atoms with Crippen molar-refractivity contribution in [3.05, 3.63) is 28.8 Å². The zero-order valence-corrected chi connectivity index (χ0v) is 12.5. The van der Waals surface area contributed by atoms with E-state index < -0.39 is 0 Å². The molecule has 3 nitrogen and oxygen atoms in total. The van der Waals surface area contributed by atoms with Crippen molar-refractivity contribution in [2.24, 2.45) is 0 Å². The van der Waals surface area contributed by atoms with Gasteiger partial charge in [-0.15, -0.1) is 0 Å². The van der Waals surface area contributed by atoms with Gasteiger partial charge in [0, 0.05) is 13.1 Å². The molecule has 4 heteroatoms. The molecule has 106 valence electrons. The van der Waals surface area contributed by atoms with Crippen LogP contribution in [0.15, 0.2) is 18.2 Å². The second kappa shape index (κ2) is 8.05. The van der Waals surface area contributed by atoms with Crippen LogP contribution in [-0.4, -0.2) is 23.9 Å². The van der Waals surface area contributed by atoms with Crippen LogP contribution in [0.2, 0.25) is 5.02 Å². The molecule has 1 aromatic carbocycles. The summed E-state index contributed by atoms with van der Waals surface area (Å²) in [6.07, 6.45) is 4.16. The number of amides is 1. The molecule has 1 aromatic rings. The summed E-state index contributed by atoms with van der Waals surface area (Å²) in [4.78, 5) is 14.4. The van der Waals surface area contributed by atoms with E-state index in [0.717, 1.165) is 38.8 Å². The highest BCUT2D eigenvalue weighted by molar-refractivity contribution is 6.36. The summed E-state index contributed by atoms with van der Waals surface area (Å²) in [5.41, 5.74) is 6.72. The minimum absolute atomic E-state index is 0.0146. The summed E-state index contributed by atoms with van der Waals surface area (Å²) in [6, 6.07) is 5.22. The summed E-state index contributed by atoms with van der Waals surface area (Å²) in [6.45, 7) is 5.80. The SMILES string of the molecule is CCCCN(CCCC)C(=O)c1cccc(N)c1Cl. The van der Waals surface area contributed by atoms with E-state index in [-0.39, 0.29) is 5.91 Å². The quantitative estimate of drug-likeness (QED) is 0.769. The molecular formula is C15H23ClN2O. The number of benzene rings is 1. The lowest BCUT2D eigenvalue weighted by Crippen LogP contribution is -2.33. The van der Waals surface area contributed by atoms with E-state index in [1.807, 2.05) is 4.90 Å². The molecular weight excluding hydrogens is 260 g/mol. The fraction of sp³-hybridized carbons (Fsp3) is 0.533. The molecule has 0 aliphatic heterocycles. The molecule has 0 saturated carbocycles. The van der Waals surface area contributed by atoms with Gasteiger partial charge in [0.25, 0.3) is 5.91 Å². The van der Waals surface area contributed by atoms with Crippen LogP contribution in [0.25, 0.3) is 0 Å². The summed E-state index contributed by atoms with van der Waals surface area (Å²) < 4.78 is 0. The fourth-order valence-corrected chi connectivity index (χ4v) is 2.11. The van der Waals surface area contributed by atoms with Gasteiger partial charge in [-0.25, -0.2) is 0 Å². The summed E-state index contributed by atoms with van der Waals surface area (Å²) in [7, 11) is 0. The highest BCUT2D eigenvalue weighted by atomic mass is 35.5. The van der Waals surface area contributed by atoms with Crippen molar-refractivity contribution in [2.75, 3.05) is 18.8 Å². The number of hydrogen-bond acceptors (Lipinski definition) is 2. The Bertz CT molecular complexity index is 413. The molecule has 0 fully saturated rings. The normalized spacial score (nSPS) is 10.5. The number of carbonyl (C=O) groups is 1. The minimum atomic E-state index is -0.0146. The summed E-state index contributed by atoms with van der Waals surface area (Å²) >= 11 is 6.13. The van der Waals surface area contributed by atoms with Crippen molar-refractivity contribution in [2.45, 2.75) is 39.5 Å². The van der Waals surface area contributed by atoms with Gasteiger partial charge in [0.15, 0.2) is 0 Å². The molecule has 0 aliphatic carbocycles. The Morgan fingerprint density at radius 3 is 2.32 bits per heavy atom. The van der Waals surface area contributed by atoms with Crippen LogP contribution in [-0.2, 0) is 0 Å². The molecule has 1 rings (SSSR count). The zero-order valence-electron chi connectivity index (χ0n) is 11.8. The number of nitrogen functional groups attached to an aromatic ring is 1. The Hall–Kier alpha value is -1.22. The van der Waals surface area contributed by atoms with Crippen LogP contribution in [0.3, 0.4) is 0 Å². The van der Waals surface area contributed by atoms with Crippen molar-refractivity contribution in [1.29, 1.82) is 0 Å². The number of anilines is 1. The number of hydrogen-bond donors (Lipinski definition) is 1. The Balaban J connectivity index is 2.87. The number of carbonyl (C=O) groups excluding carboxylic acids is 1. The Morgan fingerprint density at radius 2 is 1.79 bits per heavy atom. The molecule has 0 saturated heterocycles. The maximum atomic E-state index is 12.5. The number of unbranched alkanes of at least 4 members (excludes halogenated alkanes) is 2. The van der Waals surface area contributed by atoms with Gasteiger partial charge in [0.2, 0.25) is 0 Å². The van der Waals surface area contributed by atoms with Crippen molar-refractivity contribution < 1.29 is 4.79 Å². The van der Waals surface area contributed by atoms with E-state index in [9.17, 15) is 4.79 Å². The van der Waals surface area contributed by atoms with Gasteiger partial charge < -0.3 is 10.6 Å². The van der Waals surface area contributed by atoms with Crippen molar-refractivity contribution in [1.82, 2.24) is 4.90 Å². The monoisotopic (exact) mass is 282 g/mol. The molecule has 0 aromatic heterocycles. The predicted molar refractivity (Wildman–Crippen MR) is 81.6 cm³/mol. The van der Waals surface area contributed by atoms with Gasteiger partial charge in [-0.2, -0.15) is 0 Å². The van der Waals surface area contributed by atoms with Crippen LogP contribution in [0.1, 0.15) is 49.9 Å². The third-order valence-electron chi connectivity index (χ3n) is 3.11. The molecule has 2 N–H and O–H groups in total. The van der Waals surface area contributed by atoms with Crippen LogP contribution in [0, 0.1) is 0 Å². The van der Waals surface area contributed by atoms with Gasteiger partial charge in [-0.05, 0) is 25.0 Å². The first-order chi connectivity index (χ1) is 9.11. The van der Waals surface area contributed by atoms with E-state index in [0.29, 0.717) is 16.3 Å². The molecule has 0 atom stereocenters. The average Bonchev–Trinajstić information content (AvgIpc) is 2.41. The van der Waals surface area contributed by atoms with Gasteiger partial charge >= 0.3 is 0 Å². The highest BCUT2D eigenvalue weighted by Crippen LogP contribution is 2.24.